The van der Waals surface area contributed by atoms with Crippen LogP contribution < -0.4 is 0 Å². The maximum Gasteiger partial charge on any atom is 0.221 e. The van der Waals surface area contributed by atoms with E-state index in [2.05, 4.69) is 31.4 Å². The van der Waals surface area contributed by atoms with Crippen molar-refractivity contribution in [3.8, 4) is 11.3 Å². The van der Waals surface area contributed by atoms with Gasteiger partial charge in [-0.1, -0.05) is 17.3 Å². The van der Waals surface area contributed by atoms with Crippen molar-refractivity contribution >= 4 is 22.2 Å². The molecule has 4 aromatic heterocycles. The number of rotatable bonds is 5. The number of pyridine rings is 1. The van der Waals surface area contributed by atoms with E-state index in [9.17, 15) is 5.11 Å². The number of hydrogen-bond acceptors (Lipinski definition) is 7. The van der Waals surface area contributed by atoms with Crippen LogP contribution in [0.4, 0.5) is 0 Å². The van der Waals surface area contributed by atoms with E-state index in [0.29, 0.717) is 30.1 Å². The number of aliphatic hydroxyl groups excluding tert-OH is 1. The molecule has 1 N–H and O–H groups in total. The zero-order chi connectivity index (χ0) is 19.8. The fourth-order valence-corrected chi connectivity index (χ4v) is 3.26. The summed E-state index contributed by atoms with van der Waals surface area (Å²) in [5, 5.41) is 23.2. The largest absolute Gasteiger partial charge is 0.391 e. The second kappa shape index (κ2) is 7.02. The van der Waals surface area contributed by atoms with Crippen LogP contribution in [0.3, 0.4) is 0 Å². The highest BCUT2D eigenvalue weighted by Gasteiger charge is 2.12. The van der Waals surface area contributed by atoms with E-state index in [1.54, 1.807) is 34.9 Å². The first-order valence-electron chi connectivity index (χ1n) is 9.26. The molecule has 0 saturated heterocycles. The van der Waals surface area contributed by atoms with Crippen LogP contribution >= 0.6 is 0 Å². The molecule has 1 unspecified atom stereocenters. The van der Waals surface area contributed by atoms with Gasteiger partial charge in [0.1, 0.15) is 0 Å². The summed E-state index contributed by atoms with van der Waals surface area (Å²) >= 11 is 0. The third kappa shape index (κ3) is 3.43. The SMILES string of the molecule is CC(O)Cn1cc(-c2cnc3nnn(Cc4ccc5ncccc5c4)c3n2)cn1. The van der Waals surface area contributed by atoms with Crippen molar-refractivity contribution in [1.29, 1.82) is 0 Å². The molecule has 0 spiro atoms. The minimum atomic E-state index is -0.473. The van der Waals surface area contributed by atoms with Crippen LogP contribution in [0.1, 0.15) is 12.5 Å². The van der Waals surface area contributed by atoms with Gasteiger partial charge in [0.25, 0.3) is 0 Å². The van der Waals surface area contributed by atoms with Crippen LogP contribution in [0.2, 0.25) is 0 Å². The van der Waals surface area contributed by atoms with Gasteiger partial charge < -0.3 is 5.11 Å². The van der Waals surface area contributed by atoms with Gasteiger partial charge in [0.2, 0.25) is 5.65 Å². The smallest absolute Gasteiger partial charge is 0.221 e. The van der Waals surface area contributed by atoms with Crippen molar-refractivity contribution < 1.29 is 5.11 Å². The summed E-state index contributed by atoms with van der Waals surface area (Å²) in [4.78, 5) is 13.4. The molecule has 1 aromatic carbocycles. The maximum absolute atomic E-state index is 9.53. The number of benzene rings is 1. The van der Waals surface area contributed by atoms with Crippen LogP contribution in [0, 0.1) is 0 Å². The van der Waals surface area contributed by atoms with Gasteiger partial charge in [-0.25, -0.2) is 14.6 Å². The molecule has 9 nitrogen and oxygen atoms in total. The Morgan fingerprint density at radius 1 is 1.14 bits per heavy atom. The Balaban J connectivity index is 1.48. The number of fused-ring (bicyclic) bond motifs is 2. The van der Waals surface area contributed by atoms with E-state index in [4.69, 9.17) is 4.98 Å². The van der Waals surface area contributed by atoms with Crippen molar-refractivity contribution in [2.24, 2.45) is 0 Å². The Labute approximate surface area is 165 Å². The van der Waals surface area contributed by atoms with Crippen molar-refractivity contribution in [2.75, 3.05) is 0 Å². The predicted octanol–water partition coefficient (Wildman–Crippen LogP) is 2.06. The molecule has 144 valence electrons. The molecular weight excluding hydrogens is 368 g/mol. The third-order valence-electron chi connectivity index (χ3n) is 4.61. The molecular formula is C20H18N8O. The van der Waals surface area contributed by atoms with Crippen molar-refractivity contribution in [3.63, 3.8) is 0 Å². The molecule has 29 heavy (non-hydrogen) atoms. The Morgan fingerprint density at radius 2 is 2.07 bits per heavy atom. The number of aromatic nitrogens is 8. The Morgan fingerprint density at radius 3 is 2.97 bits per heavy atom. The maximum atomic E-state index is 9.53. The van der Waals surface area contributed by atoms with Gasteiger partial charge in [0, 0.05) is 23.3 Å². The molecule has 0 saturated carbocycles. The number of nitrogens with zero attached hydrogens (tertiary/aromatic N) is 8. The molecule has 0 aliphatic carbocycles. The lowest BCUT2D eigenvalue weighted by molar-refractivity contribution is 0.168. The monoisotopic (exact) mass is 386 g/mol. The van der Waals surface area contributed by atoms with Gasteiger partial charge in [-0.05, 0) is 30.7 Å². The lowest BCUT2D eigenvalue weighted by Crippen LogP contribution is -2.11. The Kier molecular flexibility index (Phi) is 4.21. The van der Waals surface area contributed by atoms with E-state index < -0.39 is 6.10 Å². The molecule has 0 amide bonds. The highest BCUT2D eigenvalue weighted by atomic mass is 16.3. The Hall–Kier alpha value is -3.72. The molecule has 0 aliphatic heterocycles. The number of hydrogen-bond donors (Lipinski definition) is 1. The fourth-order valence-electron chi connectivity index (χ4n) is 3.26. The predicted molar refractivity (Wildman–Crippen MR) is 107 cm³/mol. The molecule has 0 bridgehead atoms. The van der Waals surface area contributed by atoms with Crippen LogP contribution in [-0.4, -0.2) is 50.9 Å². The van der Waals surface area contributed by atoms with Gasteiger partial charge in [-0.2, -0.15) is 5.10 Å². The molecule has 9 heteroatoms. The zero-order valence-corrected chi connectivity index (χ0v) is 15.7. The third-order valence-corrected chi connectivity index (χ3v) is 4.61. The van der Waals surface area contributed by atoms with Crippen LogP contribution in [0.5, 0.6) is 0 Å². The van der Waals surface area contributed by atoms with Crippen molar-refractivity contribution in [2.45, 2.75) is 26.1 Å². The average molecular weight is 386 g/mol. The zero-order valence-electron chi connectivity index (χ0n) is 15.7. The van der Waals surface area contributed by atoms with Crippen LogP contribution in [-0.2, 0) is 13.1 Å². The molecule has 0 radical (unpaired) electrons. The summed E-state index contributed by atoms with van der Waals surface area (Å²) in [5.74, 6) is 0. The molecule has 1 atom stereocenters. The van der Waals surface area contributed by atoms with E-state index in [0.717, 1.165) is 22.0 Å². The standard InChI is InChI=1S/C20H18N8O/c1-13(29)10-27-12-16(8-23-27)18-9-22-19-20(24-18)28(26-25-19)11-14-4-5-17-15(7-14)3-2-6-21-17/h2-9,12-13,29H,10-11H2,1H3. The van der Waals surface area contributed by atoms with Gasteiger partial charge in [0.15, 0.2) is 5.65 Å². The summed E-state index contributed by atoms with van der Waals surface area (Å²) in [6, 6.07) is 10.1. The van der Waals surface area contributed by atoms with Gasteiger partial charge in [-0.15, -0.1) is 5.10 Å². The van der Waals surface area contributed by atoms with E-state index >= 15 is 0 Å². The summed E-state index contributed by atoms with van der Waals surface area (Å²) in [7, 11) is 0. The van der Waals surface area contributed by atoms with E-state index in [1.807, 2.05) is 30.5 Å². The van der Waals surface area contributed by atoms with Gasteiger partial charge in [-0.3, -0.25) is 9.67 Å². The van der Waals surface area contributed by atoms with Crippen molar-refractivity contribution in [3.05, 3.63) is 60.7 Å². The molecule has 5 rings (SSSR count). The summed E-state index contributed by atoms with van der Waals surface area (Å²) in [5.41, 5.74) is 4.64. The van der Waals surface area contributed by atoms with Gasteiger partial charge >= 0.3 is 0 Å². The summed E-state index contributed by atoms with van der Waals surface area (Å²) in [6.07, 6.45) is 6.52. The molecule has 0 fully saturated rings. The quantitative estimate of drug-likeness (QED) is 0.493. The first kappa shape index (κ1) is 17.4. The summed E-state index contributed by atoms with van der Waals surface area (Å²) < 4.78 is 3.42. The average Bonchev–Trinajstić information content (AvgIpc) is 3.34. The first-order valence-corrected chi connectivity index (χ1v) is 9.26. The fraction of sp³-hybridized carbons (Fsp3) is 0.200. The minimum Gasteiger partial charge on any atom is -0.391 e. The lowest BCUT2D eigenvalue weighted by Gasteiger charge is -2.05. The van der Waals surface area contributed by atoms with Crippen LogP contribution in [0.25, 0.3) is 33.5 Å². The minimum absolute atomic E-state index is 0.423. The normalized spacial score (nSPS) is 12.6. The Bertz CT molecular complexity index is 1310. The number of aliphatic hydroxyl groups is 1. The highest BCUT2D eigenvalue weighted by Crippen LogP contribution is 2.19. The molecule has 4 heterocycles. The topological polar surface area (TPSA) is 107 Å². The van der Waals surface area contributed by atoms with Crippen molar-refractivity contribution in [1.82, 2.24) is 39.7 Å². The molecule has 0 aliphatic rings. The van der Waals surface area contributed by atoms with Gasteiger partial charge in [0.05, 0.1) is 42.8 Å². The highest BCUT2D eigenvalue weighted by molar-refractivity contribution is 5.79. The second-order valence-corrected chi connectivity index (χ2v) is 6.98. The first-order chi connectivity index (χ1) is 14.2. The van der Waals surface area contributed by atoms with Crippen LogP contribution in [0.15, 0.2) is 55.1 Å². The second-order valence-electron chi connectivity index (χ2n) is 6.98. The summed E-state index contributed by atoms with van der Waals surface area (Å²) in [6.45, 7) is 2.67. The van der Waals surface area contributed by atoms with E-state index in [1.165, 1.54) is 0 Å². The molecule has 5 aromatic rings. The lowest BCUT2D eigenvalue weighted by atomic mass is 10.1. The van der Waals surface area contributed by atoms with E-state index in [-0.39, 0.29) is 0 Å².